The van der Waals surface area contributed by atoms with E-state index in [4.69, 9.17) is 4.74 Å². The van der Waals surface area contributed by atoms with Gasteiger partial charge in [-0.15, -0.1) is 0 Å². The molecule has 4 nitrogen and oxygen atoms in total. The Labute approximate surface area is 148 Å². The van der Waals surface area contributed by atoms with E-state index >= 15 is 0 Å². The van der Waals surface area contributed by atoms with Crippen molar-refractivity contribution in [2.75, 3.05) is 7.11 Å². The molecule has 0 radical (unpaired) electrons. The summed E-state index contributed by atoms with van der Waals surface area (Å²) < 4.78 is 7.39. The SMILES string of the molecule is COc1ccccc1C(C)NC(=O)c1ccc(C)c(-n2cccc2)c1. The summed E-state index contributed by atoms with van der Waals surface area (Å²) in [5.74, 6) is 0.666. The third-order valence-corrected chi connectivity index (χ3v) is 4.31. The van der Waals surface area contributed by atoms with E-state index in [9.17, 15) is 4.79 Å². The first-order valence-corrected chi connectivity index (χ1v) is 8.28. The van der Waals surface area contributed by atoms with Gasteiger partial charge in [0, 0.05) is 29.2 Å². The first kappa shape index (κ1) is 16.8. The van der Waals surface area contributed by atoms with E-state index in [-0.39, 0.29) is 11.9 Å². The predicted molar refractivity (Wildman–Crippen MR) is 99.4 cm³/mol. The van der Waals surface area contributed by atoms with Crippen LogP contribution in [0.15, 0.2) is 67.0 Å². The van der Waals surface area contributed by atoms with Gasteiger partial charge in [0.15, 0.2) is 0 Å². The van der Waals surface area contributed by atoms with Crippen molar-refractivity contribution in [3.05, 3.63) is 83.7 Å². The number of amides is 1. The van der Waals surface area contributed by atoms with Crippen molar-refractivity contribution in [2.45, 2.75) is 19.9 Å². The molecule has 1 N–H and O–H groups in total. The summed E-state index contributed by atoms with van der Waals surface area (Å²) in [6.45, 7) is 3.99. The standard InChI is InChI=1S/C21H22N2O2/c1-15-10-11-17(14-19(15)23-12-6-7-13-23)21(24)22-16(2)18-8-4-5-9-20(18)25-3/h4-14,16H,1-3H3,(H,22,24). The van der Waals surface area contributed by atoms with E-state index in [0.717, 1.165) is 22.6 Å². The molecule has 25 heavy (non-hydrogen) atoms. The third-order valence-electron chi connectivity index (χ3n) is 4.31. The van der Waals surface area contributed by atoms with E-state index in [2.05, 4.69) is 5.32 Å². The van der Waals surface area contributed by atoms with Crippen molar-refractivity contribution in [2.24, 2.45) is 0 Å². The molecule has 0 fully saturated rings. The minimum absolute atomic E-state index is 0.105. The lowest BCUT2D eigenvalue weighted by Crippen LogP contribution is -2.27. The van der Waals surface area contributed by atoms with Crippen LogP contribution in [-0.4, -0.2) is 17.6 Å². The van der Waals surface area contributed by atoms with Crippen LogP contribution in [0.2, 0.25) is 0 Å². The van der Waals surface area contributed by atoms with Gasteiger partial charge in [-0.25, -0.2) is 0 Å². The Balaban J connectivity index is 1.83. The Kier molecular flexibility index (Phi) is 4.89. The summed E-state index contributed by atoms with van der Waals surface area (Å²) in [6, 6.07) is 17.2. The highest BCUT2D eigenvalue weighted by Crippen LogP contribution is 2.25. The van der Waals surface area contributed by atoms with Crippen LogP contribution >= 0.6 is 0 Å². The second-order valence-corrected chi connectivity index (χ2v) is 6.03. The summed E-state index contributed by atoms with van der Waals surface area (Å²) in [4.78, 5) is 12.7. The van der Waals surface area contributed by atoms with Gasteiger partial charge in [-0.1, -0.05) is 24.3 Å². The molecule has 0 aliphatic rings. The number of para-hydroxylation sites is 1. The van der Waals surface area contributed by atoms with E-state index in [0.29, 0.717) is 5.56 Å². The van der Waals surface area contributed by atoms with Gasteiger partial charge in [-0.3, -0.25) is 4.79 Å². The minimum Gasteiger partial charge on any atom is -0.496 e. The van der Waals surface area contributed by atoms with Crippen LogP contribution in [0.3, 0.4) is 0 Å². The maximum atomic E-state index is 12.7. The highest BCUT2D eigenvalue weighted by atomic mass is 16.5. The van der Waals surface area contributed by atoms with Gasteiger partial charge in [0.2, 0.25) is 0 Å². The number of ether oxygens (including phenoxy) is 1. The molecular weight excluding hydrogens is 312 g/mol. The number of rotatable bonds is 5. The van der Waals surface area contributed by atoms with E-state index in [1.807, 2.05) is 85.4 Å². The number of carbonyl (C=O) groups is 1. The molecule has 0 saturated carbocycles. The van der Waals surface area contributed by atoms with Crippen molar-refractivity contribution in [3.8, 4) is 11.4 Å². The molecule has 0 aliphatic heterocycles. The quantitative estimate of drug-likeness (QED) is 0.756. The first-order chi connectivity index (χ1) is 12.1. The number of carbonyl (C=O) groups excluding carboxylic acids is 1. The van der Waals surface area contributed by atoms with Crippen LogP contribution in [0.4, 0.5) is 0 Å². The molecule has 4 heteroatoms. The zero-order chi connectivity index (χ0) is 17.8. The number of hydrogen-bond acceptors (Lipinski definition) is 2. The number of aryl methyl sites for hydroxylation is 1. The molecule has 128 valence electrons. The first-order valence-electron chi connectivity index (χ1n) is 8.28. The Morgan fingerprint density at radius 2 is 1.80 bits per heavy atom. The Morgan fingerprint density at radius 3 is 2.52 bits per heavy atom. The number of hydrogen-bond donors (Lipinski definition) is 1. The van der Waals surface area contributed by atoms with Gasteiger partial charge in [0.1, 0.15) is 5.75 Å². The maximum Gasteiger partial charge on any atom is 0.251 e. The zero-order valence-electron chi connectivity index (χ0n) is 14.7. The van der Waals surface area contributed by atoms with Gasteiger partial charge in [-0.2, -0.15) is 0 Å². The molecule has 0 saturated heterocycles. The predicted octanol–water partition coefficient (Wildman–Crippen LogP) is 4.29. The smallest absolute Gasteiger partial charge is 0.251 e. The molecule has 1 unspecified atom stereocenters. The summed E-state index contributed by atoms with van der Waals surface area (Å²) in [5.41, 5.74) is 3.71. The number of nitrogens with one attached hydrogen (secondary N) is 1. The van der Waals surface area contributed by atoms with Crippen LogP contribution in [0.25, 0.3) is 5.69 Å². The number of benzene rings is 2. The monoisotopic (exact) mass is 334 g/mol. The lowest BCUT2D eigenvalue weighted by molar-refractivity contribution is 0.0939. The average Bonchev–Trinajstić information content (AvgIpc) is 3.16. The third kappa shape index (κ3) is 3.58. The molecule has 1 heterocycles. The summed E-state index contributed by atoms with van der Waals surface area (Å²) in [5, 5.41) is 3.05. The fourth-order valence-corrected chi connectivity index (χ4v) is 2.91. The second-order valence-electron chi connectivity index (χ2n) is 6.03. The van der Waals surface area contributed by atoms with Crippen molar-refractivity contribution in [3.63, 3.8) is 0 Å². The number of aromatic nitrogens is 1. The van der Waals surface area contributed by atoms with E-state index in [1.54, 1.807) is 7.11 Å². The van der Waals surface area contributed by atoms with Gasteiger partial charge in [-0.05, 0) is 49.7 Å². The summed E-state index contributed by atoms with van der Waals surface area (Å²) in [7, 11) is 1.64. The molecule has 1 amide bonds. The van der Waals surface area contributed by atoms with Crippen LogP contribution in [0.1, 0.15) is 34.5 Å². The molecule has 3 rings (SSSR count). The fraction of sp³-hybridized carbons (Fsp3) is 0.190. The molecular formula is C21H22N2O2. The fourth-order valence-electron chi connectivity index (χ4n) is 2.91. The van der Waals surface area contributed by atoms with Crippen LogP contribution in [0.5, 0.6) is 5.75 Å². The highest BCUT2D eigenvalue weighted by Gasteiger charge is 2.15. The summed E-state index contributed by atoms with van der Waals surface area (Å²) >= 11 is 0. The second kappa shape index (κ2) is 7.26. The van der Waals surface area contributed by atoms with E-state index < -0.39 is 0 Å². The van der Waals surface area contributed by atoms with Gasteiger partial charge >= 0.3 is 0 Å². The largest absolute Gasteiger partial charge is 0.496 e. The lowest BCUT2D eigenvalue weighted by atomic mass is 10.1. The number of methoxy groups -OCH3 is 1. The molecule has 2 aromatic carbocycles. The highest BCUT2D eigenvalue weighted by molar-refractivity contribution is 5.95. The van der Waals surface area contributed by atoms with Crippen molar-refractivity contribution in [1.29, 1.82) is 0 Å². The average molecular weight is 334 g/mol. The van der Waals surface area contributed by atoms with Crippen LogP contribution < -0.4 is 10.1 Å². The van der Waals surface area contributed by atoms with Crippen molar-refractivity contribution >= 4 is 5.91 Å². The summed E-state index contributed by atoms with van der Waals surface area (Å²) in [6.07, 6.45) is 3.95. The minimum atomic E-state index is -0.153. The molecule has 3 aromatic rings. The Bertz CT molecular complexity index is 869. The number of nitrogens with zero attached hydrogens (tertiary/aromatic N) is 1. The van der Waals surface area contributed by atoms with Gasteiger partial charge < -0.3 is 14.6 Å². The van der Waals surface area contributed by atoms with Crippen LogP contribution in [-0.2, 0) is 0 Å². The molecule has 1 atom stereocenters. The topological polar surface area (TPSA) is 43.3 Å². The molecule has 1 aromatic heterocycles. The molecule has 0 spiro atoms. The maximum absolute atomic E-state index is 12.7. The van der Waals surface area contributed by atoms with Gasteiger partial charge in [0.05, 0.1) is 13.2 Å². The van der Waals surface area contributed by atoms with Crippen molar-refractivity contribution in [1.82, 2.24) is 9.88 Å². The van der Waals surface area contributed by atoms with Crippen molar-refractivity contribution < 1.29 is 9.53 Å². The normalized spacial score (nSPS) is 11.8. The zero-order valence-corrected chi connectivity index (χ0v) is 14.7. The molecule has 0 aliphatic carbocycles. The van der Waals surface area contributed by atoms with Gasteiger partial charge in [0.25, 0.3) is 5.91 Å². The lowest BCUT2D eigenvalue weighted by Gasteiger charge is -2.18. The Morgan fingerprint density at radius 1 is 1.08 bits per heavy atom. The Hall–Kier alpha value is -3.01. The molecule has 0 bridgehead atoms. The van der Waals surface area contributed by atoms with Crippen LogP contribution in [0, 0.1) is 6.92 Å². The van der Waals surface area contributed by atoms with E-state index in [1.165, 1.54) is 0 Å².